The highest BCUT2D eigenvalue weighted by Gasteiger charge is 2.42. The smallest absolute Gasteiger partial charge is 0.272 e. The van der Waals surface area contributed by atoms with Crippen LogP contribution in [0, 0.1) is 0 Å². The van der Waals surface area contributed by atoms with E-state index in [4.69, 9.17) is 14.2 Å². The van der Waals surface area contributed by atoms with Gasteiger partial charge in [-0.1, -0.05) is 6.07 Å². The molecule has 1 saturated heterocycles. The Balaban J connectivity index is 1.36. The van der Waals surface area contributed by atoms with Crippen LogP contribution in [0.3, 0.4) is 0 Å². The van der Waals surface area contributed by atoms with Crippen molar-refractivity contribution in [2.45, 2.75) is 31.3 Å². The molecule has 0 saturated carbocycles. The molecular weight excluding hydrogens is 394 g/mol. The summed E-state index contributed by atoms with van der Waals surface area (Å²) < 4.78 is 17.4. The number of piperidine rings is 1. The number of ether oxygens (including phenoxy) is 3. The Kier molecular flexibility index (Phi) is 5.01. The highest BCUT2D eigenvalue weighted by Crippen LogP contribution is 2.45. The van der Waals surface area contributed by atoms with Crippen LogP contribution in [0.5, 0.6) is 11.5 Å². The third-order valence-corrected chi connectivity index (χ3v) is 6.96. The molecule has 1 aromatic heterocycles. The number of hydrogen-bond acceptors (Lipinski definition) is 6. The average Bonchev–Trinajstić information content (AvgIpc) is 3.18. The summed E-state index contributed by atoms with van der Waals surface area (Å²) in [6.45, 7) is 2.91. The lowest BCUT2D eigenvalue weighted by atomic mass is 9.79. The topological polar surface area (TPSA) is 64.1 Å². The van der Waals surface area contributed by atoms with E-state index >= 15 is 0 Å². The minimum atomic E-state index is -0.379. The molecule has 5 rings (SSSR count). The molecule has 0 radical (unpaired) electrons. The second-order valence-corrected chi connectivity index (χ2v) is 8.60. The third kappa shape index (κ3) is 3.31. The normalized spacial score (nSPS) is 19.2. The molecule has 7 nitrogen and oxygen atoms in total. The van der Waals surface area contributed by atoms with E-state index in [-0.39, 0.29) is 11.5 Å². The van der Waals surface area contributed by atoms with E-state index in [1.54, 1.807) is 14.2 Å². The first-order chi connectivity index (χ1) is 15.0. The van der Waals surface area contributed by atoms with Crippen LogP contribution in [-0.2, 0) is 23.2 Å². The molecule has 164 valence electrons. The van der Waals surface area contributed by atoms with Gasteiger partial charge < -0.3 is 24.0 Å². The van der Waals surface area contributed by atoms with E-state index in [1.807, 2.05) is 24.1 Å². The fourth-order valence-electron chi connectivity index (χ4n) is 5.15. The van der Waals surface area contributed by atoms with Crippen LogP contribution in [-0.4, -0.2) is 63.3 Å². The molecule has 1 fully saturated rings. The molecular formula is C24H29N3O4. The molecule has 1 amide bonds. The number of carbonyl (C=O) groups excluding carboxylic acids is 1. The van der Waals surface area contributed by atoms with Crippen molar-refractivity contribution in [3.05, 3.63) is 46.6 Å². The monoisotopic (exact) mass is 423 g/mol. The van der Waals surface area contributed by atoms with Crippen LogP contribution in [0.25, 0.3) is 0 Å². The zero-order chi connectivity index (χ0) is 21.6. The van der Waals surface area contributed by atoms with E-state index in [0.29, 0.717) is 25.4 Å². The van der Waals surface area contributed by atoms with Gasteiger partial charge in [0, 0.05) is 26.7 Å². The largest absolute Gasteiger partial charge is 0.493 e. The predicted octanol–water partition coefficient (Wildman–Crippen LogP) is 2.80. The van der Waals surface area contributed by atoms with Crippen LogP contribution in [0.15, 0.2) is 24.3 Å². The quantitative estimate of drug-likeness (QED) is 0.757. The van der Waals surface area contributed by atoms with E-state index < -0.39 is 0 Å². The van der Waals surface area contributed by atoms with Gasteiger partial charge in [0.2, 0.25) is 0 Å². The molecule has 1 spiro atoms. The molecule has 0 bridgehead atoms. The molecule has 0 unspecified atom stereocenters. The predicted molar refractivity (Wildman–Crippen MR) is 117 cm³/mol. The molecule has 3 aliphatic heterocycles. The number of likely N-dealkylation sites (tertiary alicyclic amines) is 1. The van der Waals surface area contributed by atoms with Crippen LogP contribution >= 0.6 is 0 Å². The van der Waals surface area contributed by atoms with Crippen LogP contribution in [0.2, 0.25) is 0 Å². The number of pyridine rings is 1. The molecule has 3 aliphatic rings. The van der Waals surface area contributed by atoms with Crippen molar-refractivity contribution in [2.24, 2.45) is 0 Å². The minimum Gasteiger partial charge on any atom is -0.493 e. The standard InChI is InChI=1S/C24H29N3O4/c1-26-10-6-16-4-5-19(25-22(16)26)23(28)27-11-8-24(9-12-27)18-15-21(30-3)20(29-2)14-17(18)7-13-31-24/h4-5,14-15H,6-13H2,1-3H3. The zero-order valence-corrected chi connectivity index (χ0v) is 18.4. The number of hydrogen-bond donors (Lipinski definition) is 0. The number of likely N-dealkylation sites (N-methyl/N-ethyl adjacent to an activating group) is 1. The molecule has 7 heteroatoms. The SMILES string of the molecule is COc1cc2c(cc1OC)C1(CCN(C(=O)c3ccc4c(n3)N(C)CC4)CC1)OCC2. The number of benzene rings is 1. The van der Waals surface area contributed by atoms with Gasteiger partial charge in [0.1, 0.15) is 11.5 Å². The highest BCUT2D eigenvalue weighted by molar-refractivity contribution is 5.93. The van der Waals surface area contributed by atoms with Gasteiger partial charge in [-0.15, -0.1) is 0 Å². The number of nitrogens with zero attached hydrogens (tertiary/aromatic N) is 3. The highest BCUT2D eigenvalue weighted by atomic mass is 16.5. The number of aromatic nitrogens is 1. The van der Waals surface area contributed by atoms with Gasteiger partial charge in [-0.2, -0.15) is 0 Å². The molecule has 2 aromatic rings. The fourth-order valence-corrected chi connectivity index (χ4v) is 5.15. The second-order valence-electron chi connectivity index (χ2n) is 8.60. The first kappa shape index (κ1) is 20.1. The van der Waals surface area contributed by atoms with Crippen molar-refractivity contribution in [1.82, 2.24) is 9.88 Å². The maximum absolute atomic E-state index is 13.2. The third-order valence-electron chi connectivity index (χ3n) is 6.96. The first-order valence-electron chi connectivity index (χ1n) is 10.9. The van der Waals surface area contributed by atoms with E-state index in [9.17, 15) is 4.79 Å². The van der Waals surface area contributed by atoms with Gasteiger partial charge in [0.05, 0.1) is 26.4 Å². The van der Waals surface area contributed by atoms with Crippen molar-refractivity contribution in [1.29, 1.82) is 0 Å². The Hall–Kier alpha value is -2.80. The Bertz CT molecular complexity index is 1010. The maximum Gasteiger partial charge on any atom is 0.272 e. The lowest BCUT2D eigenvalue weighted by Gasteiger charge is -2.45. The Morgan fingerprint density at radius 3 is 2.52 bits per heavy atom. The lowest BCUT2D eigenvalue weighted by Crippen LogP contribution is -2.48. The van der Waals surface area contributed by atoms with Crippen molar-refractivity contribution in [3.8, 4) is 11.5 Å². The number of rotatable bonds is 3. The summed E-state index contributed by atoms with van der Waals surface area (Å²) in [5, 5.41) is 0. The number of anilines is 1. The summed E-state index contributed by atoms with van der Waals surface area (Å²) in [7, 11) is 5.34. The van der Waals surface area contributed by atoms with E-state index in [2.05, 4.69) is 22.0 Å². The summed E-state index contributed by atoms with van der Waals surface area (Å²) in [5.74, 6) is 2.40. The van der Waals surface area contributed by atoms with Gasteiger partial charge in [-0.25, -0.2) is 4.98 Å². The molecule has 0 N–H and O–H groups in total. The first-order valence-corrected chi connectivity index (χ1v) is 10.9. The summed E-state index contributed by atoms with van der Waals surface area (Å²) in [5.41, 5.74) is 3.77. The molecule has 31 heavy (non-hydrogen) atoms. The molecule has 1 aromatic carbocycles. The van der Waals surface area contributed by atoms with Crippen LogP contribution in [0.4, 0.5) is 5.82 Å². The summed E-state index contributed by atoms with van der Waals surface area (Å²) in [6.07, 6.45) is 3.36. The summed E-state index contributed by atoms with van der Waals surface area (Å²) in [6, 6.07) is 8.04. The number of fused-ring (bicyclic) bond motifs is 3. The average molecular weight is 424 g/mol. The zero-order valence-electron chi connectivity index (χ0n) is 18.4. The Labute approximate surface area is 182 Å². The lowest BCUT2D eigenvalue weighted by molar-refractivity contribution is -0.0936. The molecule has 4 heterocycles. The van der Waals surface area contributed by atoms with E-state index in [0.717, 1.165) is 49.5 Å². The van der Waals surface area contributed by atoms with Crippen LogP contribution < -0.4 is 14.4 Å². The van der Waals surface area contributed by atoms with E-state index in [1.165, 1.54) is 16.7 Å². The Morgan fingerprint density at radius 1 is 1.03 bits per heavy atom. The van der Waals surface area contributed by atoms with Gasteiger partial charge in [0.15, 0.2) is 11.5 Å². The number of methoxy groups -OCH3 is 2. The summed E-state index contributed by atoms with van der Waals surface area (Å²) >= 11 is 0. The summed E-state index contributed by atoms with van der Waals surface area (Å²) in [4.78, 5) is 21.9. The van der Waals surface area contributed by atoms with Crippen molar-refractivity contribution in [3.63, 3.8) is 0 Å². The van der Waals surface area contributed by atoms with Crippen LogP contribution in [0.1, 0.15) is 40.0 Å². The Morgan fingerprint density at radius 2 is 1.77 bits per heavy atom. The van der Waals surface area contributed by atoms with Gasteiger partial charge in [0.25, 0.3) is 5.91 Å². The van der Waals surface area contributed by atoms with Crippen molar-refractivity contribution in [2.75, 3.05) is 52.4 Å². The second kappa shape index (κ2) is 7.71. The van der Waals surface area contributed by atoms with Gasteiger partial charge >= 0.3 is 0 Å². The van der Waals surface area contributed by atoms with Gasteiger partial charge in [-0.05, 0) is 60.6 Å². The van der Waals surface area contributed by atoms with Gasteiger partial charge in [-0.3, -0.25) is 4.79 Å². The maximum atomic E-state index is 13.2. The fraction of sp³-hybridized carbons (Fsp3) is 0.500. The number of amides is 1. The van der Waals surface area contributed by atoms with Crippen molar-refractivity contribution < 1.29 is 19.0 Å². The molecule has 0 aliphatic carbocycles. The van der Waals surface area contributed by atoms with Crippen molar-refractivity contribution >= 4 is 11.7 Å². The number of carbonyl (C=O) groups is 1. The minimum absolute atomic E-state index is 0.00120. The molecule has 0 atom stereocenters.